The van der Waals surface area contributed by atoms with Crippen molar-refractivity contribution in [2.75, 3.05) is 7.11 Å². The van der Waals surface area contributed by atoms with Crippen LogP contribution in [-0.2, 0) is 35.7 Å². The fourth-order valence-electron chi connectivity index (χ4n) is 3.84. The highest BCUT2D eigenvalue weighted by atomic mass is 19.1. The van der Waals surface area contributed by atoms with Crippen molar-refractivity contribution in [1.82, 2.24) is 0 Å². The topological polar surface area (TPSA) is 94.9 Å². The first-order chi connectivity index (χ1) is 16.4. The molecule has 0 saturated carbocycles. The number of halogens is 2. The normalized spacial score (nSPS) is 11.2. The van der Waals surface area contributed by atoms with Crippen molar-refractivity contribution < 1.29 is 32.6 Å². The Hall–Kier alpha value is -3.75. The third-order valence-electron chi connectivity index (χ3n) is 5.37. The Morgan fingerprint density at radius 3 is 2.59 bits per heavy atom. The third kappa shape index (κ3) is 4.93. The number of hydrogen-bond donors (Lipinski definition) is 2. The molecule has 8 heteroatoms. The molecule has 0 atom stereocenters. The summed E-state index contributed by atoms with van der Waals surface area (Å²) in [4.78, 5) is 11.2. The van der Waals surface area contributed by atoms with E-state index in [1.807, 2.05) is 6.07 Å². The van der Waals surface area contributed by atoms with E-state index >= 15 is 4.39 Å². The maximum absolute atomic E-state index is 15.2. The Kier molecular flexibility index (Phi) is 6.90. The fourth-order valence-corrected chi connectivity index (χ4v) is 3.84. The maximum atomic E-state index is 15.2. The first kappa shape index (κ1) is 23.4. The zero-order valence-electron chi connectivity index (χ0n) is 18.4. The average Bonchev–Trinajstić information content (AvgIpc) is 3.21. The van der Waals surface area contributed by atoms with Crippen molar-refractivity contribution in [1.29, 1.82) is 0 Å². The largest absolute Gasteiger partial charge is 0.488 e. The van der Waals surface area contributed by atoms with Gasteiger partial charge in [0.25, 0.3) is 0 Å². The molecule has 0 amide bonds. The Balaban J connectivity index is 1.76. The number of ether oxygens (including phenoxy) is 2. The lowest BCUT2D eigenvalue weighted by Crippen LogP contribution is -2.05. The van der Waals surface area contributed by atoms with Gasteiger partial charge in [0.1, 0.15) is 41.9 Å². The molecule has 0 aliphatic carbocycles. The van der Waals surface area contributed by atoms with Crippen LogP contribution >= 0.6 is 0 Å². The van der Waals surface area contributed by atoms with Crippen molar-refractivity contribution in [3.63, 3.8) is 0 Å². The smallest absolute Gasteiger partial charge is 0.307 e. The molecule has 34 heavy (non-hydrogen) atoms. The van der Waals surface area contributed by atoms with Gasteiger partial charge in [0.2, 0.25) is 0 Å². The van der Waals surface area contributed by atoms with Gasteiger partial charge in [0.05, 0.1) is 6.42 Å². The lowest BCUT2D eigenvalue weighted by Gasteiger charge is -2.13. The molecular weight excluding hydrogens is 444 g/mol. The number of fused-ring (bicyclic) bond motifs is 1. The second kappa shape index (κ2) is 10.0. The van der Waals surface area contributed by atoms with Crippen LogP contribution in [-0.4, -0.2) is 18.2 Å². The Labute approximate surface area is 194 Å². The van der Waals surface area contributed by atoms with Crippen molar-refractivity contribution in [2.24, 2.45) is 5.73 Å². The molecule has 0 aliphatic rings. The van der Waals surface area contributed by atoms with Crippen molar-refractivity contribution in [3.05, 3.63) is 88.7 Å². The number of carbonyl (C=O) groups is 1. The van der Waals surface area contributed by atoms with E-state index in [0.29, 0.717) is 44.5 Å². The Bertz CT molecular complexity index is 1350. The molecule has 4 aromatic rings. The lowest BCUT2D eigenvalue weighted by atomic mass is 9.98. The number of hydrogen-bond acceptors (Lipinski definition) is 5. The predicted molar refractivity (Wildman–Crippen MR) is 122 cm³/mol. The van der Waals surface area contributed by atoms with Gasteiger partial charge < -0.3 is 24.7 Å². The summed E-state index contributed by atoms with van der Waals surface area (Å²) in [7, 11) is 1.55. The van der Waals surface area contributed by atoms with Gasteiger partial charge in [-0.25, -0.2) is 8.78 Å². The number of furan rings is 1. The van der Waals surface area contributed by atoms with E-state index in [2.05, 4.69) is 0 Å². The van der Waals surface area contributed by atoms with E-state index < -0.39 is 17.6 Å². The zero-order valence-corrected chi connectivity index (χ0v) is 18.4. The summed E-state index contributed by atoms with van der Waals surface area (Å²) in [6, 6.07) is 14.1. The molecule has 6 nitrogen and oxygen atoms in total. The van der Waals surface area contributed by atoms with E-state index in [4.69, 9.17) is 24.7 Å². The highest BCUT2D eigenvalue weighted by Gasteiger charge is 2.18. The first-order valence-corrected chi connectivity index (χ1v) is 10.5. The van der Waals surface area contributed by atoms with Crippen LogP contribution in [0.3, 0.4) is 0 Å². The molecule has 1 heterocycles. The van der Waals surface area contributed by atoms with Gasteiger partial charge in [0, 0.05) is 47.4 Å². The number of carboxylic acid groups (broad SMARTS) is 1. The molecule has 0 saturated heterocycles. The van der Waals surface area contributed by atoms with Gasteiger partial charge in [0.15, 0.2) is 0 Å². The molecule has 0 fully saturated rings. The minimum Gasteiger partial charge on any atom is -0.488 e. The number of rotatable bonds is 9. The number of carboxylic acids is 1. The molecule has 0 radical (unpaired) electrons. The van der Waals surface area contributed by atoms with Crippen molar-refractivity contribution >= 4 is 16.9 Å². The number of aliphatic carboxylic acids is 1. The Morgan fingerprint density at radius 1 is 1.03 bits per heavy atom. The predicted octanol–water partition coefficient (Wildman–Crippen LogP) is 5.19. The van der Waals surface area contributed by atoms with Crippen LogP contribution in [0.15, 0.2) is 59.0 Å². The number of benzene rings is 3. The van der Waals surface area contributed by atoms with Gasteiger partial charge in [-0.1, -0.05) is 24.3 Å². The van der Waals surface area contributed by atoms with E-state index in [9.17, 15) is 9.18 Å². The SMILES string of the molecule is COCc1cc2cc(COc3cc(F)ccc3CC(=O)O)cc(-c3cccc(CN)c3F)c2o1. The maximum Gasteiger partial charge on any atom is 0.307 e. The molecule has 1 aromatic heterocycles. The van der Waals surface area contributed by atoms with Crippen LogP contribution < -0.4 is 10.5 Å². The van der Waals surface area contributed by atoms with Crippen LogP contribution in [0.2, 0.25) is 0 Å². The number of methoxy groups -OCH3 is 1. The summed E-state index contributed by atoms with van der Waals surface area (Å²) < 4.78 is 45.9. The number of nitrogens with two attached hydrogens (primary N) is 1. The second-order valence-electron chi connectivity index (χ2n) is 7.80. The van der Waals surface area contributed by atoms with Crippen LogP contribution in [0.5, 0.6) is 5.75 Å². The van der Waals surface area contributed by atoms with Gasteiger partial charge in [-0.2, -0.15) is 0 Å². The van der Waals surface area contributed by atoms with E-state index in [-0.39, 0.29) is 31.9 Å². The molecule has 176 valence electrons. The lowest BCUT2D eigenvalue weighted by molar-refractivity contribution is -0.136. The summed E-state index contributed by atoms with van der Waals surface area (Å²) in [5.74, 6) is -1.34. The van der Waals surface area contributed by atoms with Gasteiger partial charge in [-0.3, -0.25) is 4.79 Å². The van der Waals surface area contributed by atoms with Crippen LogP contribution in [0.25, 0.3) is 22.1 Å². The monoisotopic (exact) mass is 467 g/mol. The molecule has 3 N–H and O–H groups in total. The highest BCUT2D eigenvalue weighted by molar-refractivity contribution is 5.94. The fraction of sp³-hybridized carbons (Fsp3) is 0.192. The Morgan fingerprint density at radius 2 is 1.85 bits per heavy atom. The van der Waals surface area contributed by atoms with E-state index in [1.165, 1.54) is 12.1 Å². The molecule has 0 spiro atoms. The summed E-state index contributed by atoms with van der Waals surface area (Å²) in [6.07, 6.45) is -0.306. The molecule has 0 aliphatic heterocycles. The first-order valence-electron chi connectivity index (χ1n) is 10.5. The van der Waals surface area contributed by atoms with Gasteiger partial charge in [-0.15, -0.1) is 0 Å². The van der Waals surface area contributed by atoms with Crippen molar-refractivity contribution in [3.8, 4) is 16.9 Å². The quantitative estimate of drug-likeness (QED) is 0.352. The molecular formula is C26H23F2NO5. The average molecular weight is 467 g/mol. The van der Waals surface area contributed by atoms with Crippen LogP contribution in [0.1, 0.15) is 22.5 Å². The third-order valence-corrected chi connectivity index (χ3v) is 5.37. The summed E-state index contributed by atoms with van der Waals surface area (Å²) in [5, 5.41) is 9.84. The second-order valence-corrected chi connectivity index (χ2v) is 7.80. The summed E-state index contributed by atoms with van der Waals surface area (Å²) in [6.45, 7) is 0.291. The van der Waals surface area contributed by atoms with E-state index in [1.54, 1.807) is 37.4 Å². The van der Waals surface area contributed by atoms with Crippen LogP contribution in [0, 0.1) is 11.6 Å². The van der Waals surface area contributed by atoms with Gasteiger partial charge >= 0.3 is 5.97 Å². The summed E-state index contributed by atoms with van der Waals surface area (Å²) in [5.41, 5.74) is 8.39. The summed E-state index contributed by atoms with van der Waals surface area (Å²) >= 11 is 0. The van der Waals surface area contributed by atoms with Crippen molar-refractivity contribution in [2.45, 2.75) is 26.2 Å². The standard InChI is InChI=1S/C26H23F2NO5/c1-32-14-20-9-18-7-15(13-33-23-11-19(27)6-5-16(23)10-24(30)31)8-22(26(18)34-20)21-4-2-3-17(12-29)25(21)28/h2-9,11H,10,12-14,29H2,1H3,(H,30,31). The minimum atomic E-state index is -1.06. The zero-order chi connectivity index (χ0) is 24.2. The molecule has 0 unspecified atom stereocenters. The van der Waals surface area contributed by atoms with E-state index in [0.717, 1.165) is 6.07 Å². The van der Waals surface area contributed by atoms with Gasteiger partial charge in [-0.05, 0) is 29.8 Å². The molecule has 0 bridgehead atoms. The van der Waals surface area contributed by atoms with Crippen LogP contribution in [0.4, 0.5) is 8.78 Å². The highest BCUT2D eigenvalue weighted by Crippen LogP contribution is 2.35. The molecule has 4 rings (SSSR count). The minimum absolute atomic E-state index is 0.00199. The molecule has 3 aromatic carbocycles.